The number of carbonyl (C=O) groups is 1. The quantitative estimate of drug-likeness (QED) is 0.880. The lowest BCUT2D eigenvalue weighted by atomic mass is 9.82. The van der Waals surface area contributed by atoms with Gasteiger partial charge in [0.1, 0.15) is 5.75 Å². The summed E-state index contributed by atoms with van der Waals surface area (Å²) in [6.45, 7) is 0.167. The summed E-state index contributed by atoms with van der Waals surface area (Å²) < 4.78 is 30.3. The van der Waals surface area contributed by atoms with Crippen LogP contribution < -0.4 is 4.74 Å². The Kier molecular flexibility index (Phi) is 2.95. The second kappa shape index (κ2) is 4.27. The number of aromatic carboxylic acids is 1. The summed E-state index contributed by atoms with van der Waals surface area (Å²) in [5, 5.41) is 8.72. The van der Waals surface area contributed by atoms with Gasteiger partial charge >= 0.3 is 5.97 Å². The highest BCUT2D eigenvalue weighted by Gasteiger charge is 2.45. The summed E-state index contributed by atoms with van der Waals surface area (Å²) in [4.78, 5) is 14.4. The molecule has 6 heteroatoms. The zero-order valence-electron chi connectivity index (χ0n) is 8.90. The molecule has 4 nitrogen and oxygen atoms in total. The van der Waals surface area contributed by atoms with Crippen LogP contribution in [0, 0.1) is 5.92 Å². The van der Waals surface area contributed by atoms with Crippen molar-refractivity contribution in [3.8, 4) is 5.75 Å². The maximum atomic E-state index is 12.5. The lowest BCUT2D eigenvalue weighted by Gasteiger charge is -2.34. The fourth-order valence-corrected chi connectivity index (χ4v) is 1.73. The fourth-order valence-electron chi connectivity index (χ4n) is 1.73. The monoisotopic (exact) mass is 243 g/mol. The molecule has 0 amide bonds. The summed E-state index contributed by atoms with van der Waals surface area (Å²) in [6.07, 6.45) is 2.23. The molecule has 1 heterocycles. The van der Waals surface area contributed by atoms with Crippen LogP contribution in [-0.2, 0) is 0 Å². The molecule has 0 radical (unpaired) electrons. The van der Waals surface area contributed by atoms with E-state index in [0.29, 0.717) is 5.75 Å². The Hall–Kier alpha value is -1.72. The van der Waals surface area contributed by atoms with E-state index >= 15 is 0 Å². The molecule has 0 spiro atoms. The molecule has 1 saturated carbocycles. The van der Waals surface area contributed by atoms with Crippen LogP contribution in [0.2, 0.25) is 0 Å². The van der Waals surface area contributed by atoms with Gasteiger partial charge in [0.15, 0.2) is 0 Å². The Morgan fingerprint density at radius 1 is 1.53 bits per heavy atom. The molecule has 92 valence electrons. The van der Waals surface area contributed by atoms with Gasteiger partial charge in [-0.25, -0.2) is 13.6 Å². The first-order valence-corrected chi connectivity index (χ1v) is 5.15. The number of nitrogens with zero attached hydrogens (tertiary/aromatic N) is 1. The average molecular weight is 243 g/mol. The molecular formula is C11H11F2NO3. The lowest BCUT2D eigenvalue weighted by molar-refractivity contribution is -0.119. The van der Waals surface area contributed by atoms with E-state index in [1.165, 1.54) is 18.5 Å². The van der Waals surface area contributed by atoms with Gasteiger partial charge in [-0.3, -0.25) is 4.98 Å². The Morgan fingerprint density at radius 2 is 2.24 bits per heavy atom. The third-order valence-corrected chi connectivity index (χ3v) is 2.62. The molecule has 2 rings (SSSR count). The summed E-state index contributed by atoms with van der Waals surface area (Å²) in [5.41, 5.74) is 0.0152. The van der Waals surface area contributed by atoms with Crippen LogP contribution in [0.5, 0.6) is 5.75 Å². The van der Waals surface area contributed by atoms with Crippen LogP contribution in [0.1, 0.15) is 23.2 Å². The van der Waals surface area contributed by atoms with Crippen LogP contribution >= 0.6 is 0 Å². The standard InChI is InChI=1S/C11H11F2NO3/c12-11(13)2-7(3-11)6-17-9-1-8(10(15)16)4-14-5-9/h1,4-5,7H,2-3,6H2,(H,15,16). The van der Waals surface area contributed by atoms with E-state index in [0.717, 1.165) is 0 Å². The van der Waals surface area contributed by atoms with E-state index in [1.807, 2.05) is 0 Å². The minimum atomic E-state index is -2.56. The molecule has 0 atom stereocenters. The van der Waals surface area contributed by atoms with Crippen molar-refractivity contribution in [2.24, 2.45) is 5.92 Å². The molecule has 1 N–H and O–H groups in total. The first-order chi connectivity index (χ1) is 7.96. The Bertz CT molecular complexity index is 428. The second-order valence-electron chi connectivity index (χ2n) is 4.16. The summed E-state index contributed by atoms with van der Waals surface area (Å²) in [7, 11) is 0. The maximum Gasteiger partial charge on any atom is 0.337 e. The summed E-state index contributed by atoms with van der Waals surface area (Å²) in [6, 6.07) is 1.33. The van der Waals surface area contributed by atoms with Crippen LogP contribution in [0.15, 0.2) is 18.5 Å². The topological polar surface area (TPSA) is 59.4 Å². The highest BCUT2D eigenvalue weighted by molar-refractivity contribution is 5.87. The van der Waals surface area contributed by atoms with Crippen molar-refractivity contribution in [3.05, 3.63) is 24.0 Å². The van der Waals surface area contributed by atoms with E-state index in [4.69, 9.17) is 9.84 Å². The van der Waals surface area contributed by atoms with Crippen LogP contribution in [0.3, 0.4) is 0 Å². The number of carboxylic acid groups (broad SMARTS) is 1. The highest BCUT2D eigenvalue weighted by Crippen LogP contribution is 2.42. The number of alkyl halides is 2. The normalized spacial score (nSPS) is 18.5. The van der Waals surface area contributed by atoms with E-state index in [1.54, 1.807) is 0 Å². The largest absolute Gasteiger partial charge is 0.492 e. The van der Waals surface area contributed by atoms with Gasteiger partial charge in [0.2, 0.25) is 5.92 Å². The third-order valence-electron chi connectivity index (χ3n) is 2.62. The lowest BCUT2D eigenvalue weighted by Crippen LogP contribution is -2.38. The summed E-state index contributed by atoms with van der Waals surface area (Å²) in [5.74, 6) is -3.54. The van der Waals surface area contributed by atoms with Crippen molar-refractivity contribution in [2.45, 2.75) is 18.8 Å². The SMILES string of the molecule is O=C(O)c1cncc(OCC2CC(F)(F)C2)c1. The fraction of sp³-hybridized carbons (Fsp3) is 0.455. The predicted octanol–water partition coefficient (Wildman–Crippen LogP) is 2.20. The van der Waals surface area contributed by atoms with Gasteiger partial charge in [-0.2, -0.15) is 0 Å². The minimum absolute atomic E-state index is 0.0152. The van der Waals surface area contributed by atoms with E-state index in [-0.39, 0.29) is 30.9 Å². The zero-order chi connectivity index (χ0) is 12.5. The van der Waals surface area contributed by atoms with Crippen molar-refractivity contribution in [1.82, 2.24) is 4.98 Å². The van der Waals surface area contributed by atoms with Crippen molar-refractivity contribution >= 4 is 5.97 Å². The van der Waals surface area contributed by atoms with Crippen LogP contribution in [0.4, 0.5) is 8.78 Å². The number of ether oxygens (including phenoxy) is 1. The number of aromatic nitrogens is 1. The zero-order valence-corrected chi connectivity index (χ0v) is 8.90. The number of rotatable bonds is 4. The van der Waals surface area contributed by atoms with Gasteiger partial charge in [-0.1, -0.05) is 0 Å². The van der Waals surface area contributed by atoms with Crippen molar-refractivity contribution in [2.75, 3.05) is 6.61 Å². The number of pyridine rings is 1. The molecule has 1 aliphatic rings. The minimum Gasteiger partial charge on any atom is -0.492 e. The molecule has 0 saturated heterocycles. The van der Waals surface area contributed by atoms with Crippen molar-refractivity contribution < 1.29 is 23.4 Å². The van der Waals surface area contributed by atoms with Crippen LogP contribution in [-0.4, -0.2) is 28.6 Å². The van der Waals surface area contributed by atoms with E-state index in [9.17, 15) is 13.6 Å². The molecule has 17 heavy (non-hydrogen) atoms. The Morgan fingerprint density at radius 3 is 2.82 bits per heavy atom. The molecule has 0 unspecified atom stereocenters. The number of hydrogen-bond donors (Lipinski definition) is 1. The van der Waals surface area contributed by atoms with E-state index in [2.05, 4.69) is 4.98 Å². The van der Waals surface area contributed by atoms with Gasteiger partial charge in [-0.15, -0.1) is 0 Å². The number of carboxylic acids is 1. The third kappa shape index (κ3) is 2.89. The van der Waals surface area contributed by atoms with Crippen molar-refractivity contribution in [3.63, 3.8) is 0 Å². The average Bonchev–Trinajstić information content (AvgIpc) is 2.23. The van der Waals surface area contributed by atoms with E-state index < -0.39 is 11.9 Å². The first kappa shape index (κ1) is 11.8. The Balaban J connectivity index is 1.87. The molecular weight excluding hydrogens is 232 g/mol. The molecule has 0 aliphatic heterocycles. The number of halogens is 2. The number of hydrogen-bond acceptors (Lipinski definition) is 3. The van der Waals surface area contributed by atoms with Gasteiger partial charge < -0.3 is 9.84 Å². The molecule has 1 aromatic heterocycles. The second-order valence-corrected chi connectivity index (χ2v) is 4.16. The predicted molar refractivity (Wildman–Crippen MR) is 54.4 cm³/mol. The first-order valence-electron chi connectivity index (χ1n) is 5.15. The molecule has 0 bridgehead atoms. The van der Waals surface area contributed by atoms with Crippen molar-refractivity contribution in [1.29, 1.82) is 0 Å². The molecule has 1 aliphatic carbocycles. The molecule has 1 fully saturated rings. The smallest absolute Gasteiger partial charge is 0.337 e. The van der Waals surface area contributed by atoms with Crippen LogP contribution in [0.25, 0.3) is 0 Å². The highest BCUT2D eigenvalue weighted by atomic mass is 19.3. The summed E-state index contributed by atoms with van der Waals surface area (Å²) >= 11 is 0. The molecule has 0 aromatic carbocycles. The van der Waals surface area contributed by atoms with Gasteiger partial charge in [0.05, 0.1) is 18.4 Å². The van der Waals surface area contributed by atoms with Gasteiger partial charge in [-0.05, 0) is 6.07 Å². The Labute approximate surface area is 96.2 Å². The molecule has 1 aromatic rings. The maximum absolute atomic E-state index is 12.5. The van der Waals surface area contributed by atoms with Gasteiger partial charge in [0.25, 0.3) is 0 Å². The van der Waals surface area contributed by atoms with Gasteiger partial charge in [0, 0.05) is 25.0 Å².